The first-order chi connectivity index (χ1) is 10.2. The molecule has 1 N–H and O–H groups in total. The second-order valence-corrected chi connectivity index (χ2v) is 6.22. The lowest BCUT2D eigenvalue weighted by Crippen LogP contribution is -2.32. The summed E-state index contributed by atoms with van der Waals surface area (Å²) in [7, 11) is 0. The molecule has 124 valence electrons. The number of aromatic nitrogens is 1. The highest BCUT2D eigenvalue weighted by Crippen LogP contribution is 2.28. The molecular weight excluding hydrogens is 333 g/mol. The number of carbonyl (C=O) groups excluding carboxylic acids is 1. The minimum Gasteiger partial charge on any atom is -0.338 e. The molecule has 1 aromatic carbocycles. The number of aryl methyl sites for hydroxylation is 1. The lowest BCUT2D eigenvalue weighted by Gasteiger charge is -2.18. The van der Waals surface area contributed by atoms with Crippen molar-refractivity contribution in [1.82, 2.24) is 15.2 Å². The minimum atomic E-state index is 0. The van der Waals surface area contributed by atoms with Gasteiger partial charge in [-0.2, -0.15) is 0 Å². The summed E-state index contributed by atoms with van der Waals surface area (Å²) in [6, 6.07) is 9.90. The Morgan fingerprint density at radius 3 is 2.52 bits per heavy atom. The standard InChI is InChI=1S/C17H19N3O.2ClH/c1-11-5-6-12-3-2-4-15(16(12)19-11)17(21)20-9-13-7-18-8-14(13)10-20;;/h2-6,13-14,18H,7-10H2,1H3;2*1H/t13-,14+;;. The fourth-order valence-electron chi connectivity index (χ4n) is 3.61. The zero-order valence-electron chi connectivity index (χ0n) is 13.0. The highest BCUT2D eigenvalue weighted by atomic mass is 35.5. The molecule has 4 rings (SSSR count). The molecule has 2 aliphatic rings. The van der Waals surface area contributed by atoms with Crippen molar-refractivity contribution in [2.75, 3.05) is 26.2 Å². The molecule has 2 saturated heterocycles. The van der Waals surface area contributed by atoms with Crippen LogP contribution in [-0.4, -0.2) is 42.0 Å². The van der Waals surface area contributed by atoms with E-state index >= 15 is 0 Å². The summed E-state index contributed by atoms with van der Waals surface area (Å²) in [5.74, 6) is 1.38. The van der Waals surface area contributed by atoms with Crippen LogP contribution in [0.4, 0.5) is 0 Å². The van der Waals surface area contributed by atoms with Crippen LogP contribution in [0.15, 0.2) is 30.3 Å². The van der Waals surface area contributed by atoms with Gasteiger partial charge in [-0.15, -0.1) is 24.8 Å². The maximum atomic E-state index is 12.9. The normalized spacial score (nSPS) is 22.4. The third-order valence-corrected chi connectivity index (χ3v) is 4.77. The Kier molecular flexibility index (Phi) is 5.50. The lowest BCUT2D eigenvalue weighted by atomic mass is 10.0. The van der Waals surface area contributed by atoms with Gasteiger partial charge in [-0.05, 0) is 30.9 Å². The number of benzene rings is 1. The van der Waals surface area contributed by atoms with Crippen LogP contribution in [0.5, 0.6) is 0 Å². The van der Waals surface area contributed by atoms with E-state index in [-0.39, 0.29) is 30.7 Å². The van der Waals surface area contributed by atoms with Crippen molar-refractivity contribution in [3.8, 4) is 0 Å². The monoisotopic (exact) mass is 353 g/mol. The Bertz CT molecular complexity index is 710. The topological polar surface area (TPSA) is 45.2 Å². The number of hydrogen-bond donors (Lipinski definition) is 1. The summed E-state index contributed by atoms with van der Waals surface area (Å²) < 4.78 is 0. The van der Waals surface area contributed by atoms with Crippen molar-refractivity contribution in [2.45, 2.75) is 6.92 Å². The molecular formula is C17H21Cl2N3O. The maximum absolute atomic E-state index is 12.9. The summed E-state index contributed by atoms with van der Waals surface area (Å²) in [5, 5.41) is 4.45. The molecule has 2 fully saturated rings. The van der Waals surface area contributed by atoms with Crippen LogP contribution in [0.25, 0.3) is 10.9 Å². The van der Waals surface area contributed by atoms with E-state index in [0.717, 1.165) is 48.3 Å². The number of nitrogens with one attached hydrogen (secondary N) is 1. The third kappa shape index (κ3) is 3.16. The average molecular weight is 354 g/mol. The highest BCUT2D eigenvalue weighted by Gasteiger charge is 2.38. The van der Waals surface area contributed by atoms with Gasteiger partial charge in [-0.1, -0.05) is 18.2 Å². The van der Waals surface area contributed by atoms with Crippen molar-refractivity contribution >= 4 is 41.6 Å². The zero-order chi connectivity index (χ0) is 14.4. The van der Waals surface area contributed by atoms with Crippen molar-refractivity contribution in [2.24, 2.45) is 11.8 Å². The van der Waals surface area contributed by atoms with Crippen LogP contribution in [0.2, 0.25) is 0 Å². The largest absolute Gasteiger partial charge is 0.338 e. The summed E-state index contributed by atoms with van der Waals surface area (Å²) in [6.07, 6.45) is 0. The highest BCUT2D eigenvalue weighted by molar-refractivity contribution is 6.05. The van der Waals surface area contributed by atoms with E-state index in [1.165, 1.54) is 0 Å². The van der Waals surface area contributed by atoms with Crippen molar-refractivity contribution in [1.29, 1.82) is 0 Å². The van der Waals surface area contributed by atoms with E-state index in [1.807, 2.05) is 42.2 Å². The van der Waals surface area contributed by atoms with E-state index in [2.05, 4.69) is 10.3 Å². The van der Waals surface area contributed by atoms with Gasteiger partial charge in [0.25, 0.3) is 5.91 Å². The number of halogens is 2. The Balaban J connectivity index is 0.000000960. The number of hydrogen-bond acceptors (Lipinski definition) is 3. The molecule has 0 aliphatic carbocycles. The average Bonchev–Trinajstić information content (AvgIpc) is 3.07. The Morgan fingerprint density at radius 2 is 1.83 bits per heavy atom. The number of fused-ring (bicyclic) bond motifs is 2. The molecule has 0 saturated carbocycles. The third-order valence-electron chi connectivity index (χ3n) is 4.77. The van der Waals surface area contributed by atoms with Crippen LogP contribution < -0.4 is 5.32 Å². The molecule has 1 aromatic heterocycles. The number of rotatable bonds is 1. The number of amides is 1. The molecule has 1 amide bonds. The van der Waals surface area contributed by atoms with E-state index in [4.69, 9.17) is 0 Å². The van der Waals surface area contributed by atoms with Gasteiger partial charge in [0.1, 0.15) is 0 Å². The molecule has 0 unspecified atom stereocenters. The fraction of sp³-hybridized carbons (Fsp3) is 0.412. The summed E-state index contributed by atoms with van der Waals surface area (Å²) in [5.41, 5.74) is 2.52. The maximum Gasteiger partial charge on any atom is 0.256 e. The molecule has 6 heteroatoms. The van der Waals surface area contributed by atoms with Crippen LogP contribution in [0, 0.1) is 18.8 Å². The van der Waals surface area contributed by atoms with Crippen LogP contribution in [-0.2, 0) is 0 Å². The molecule has 0 spiro atoms. The number of nitrogens with zero attached hydrogens (tertiary/aromatic N) is 2. The van der Waals surface area contributed by atoms with E-state index in [1.54, 1.807) is 0 Å². The second kappa shape index (κ2) is 7.04. The predicted molar refractivity (Wildman–Crippen MR) is 96.7 cm³/mol. The molecule has 2 aliphatic heterocycles. The van der Waals surface area contributed by atoms with Gasteiger partial charge in [0.05, 0.1) is 11.1 Å². The van der Waals surface area contributed by atoms with Crippen LogP contribution >= 0.6 is 24.8 Å². The van der Waals surface area contributed by atoms with Gasteiger partial charge in [0, 0.05) is 37.3 Å². The minimum absolute atomic E-state index is 0. The molecule has 0 bridgehead atoms. The summed E-state index contributed by atoms with van der Waals surface area (Å²) in [6.45, 7) is 5.80. The first-order valence-corrected chi connectivity index (χ1v) is 7.59. The van der Waals surface area contributed by atoms with Gasteiger partial charge < -0.3 is 10.2 Å². The Morgan fingerprint density at radius 1 is 1.13 bits per heavy atom. The first kappa shape index (κ1) is 18.0. The molecule has 0 radical (unpaired) electrons. The molecule has 23 heavy (non-hydrogen) atoms. The predicted octanol–water partition coefficient (Wildman–Crippen LogP) is 2.68. The van der Waals surface area contributed by atoms with Gasteiger partial charge in [0.15, 0.2) is 0 Å². The van der Waals surface area contributed by atoms with Crippen LogP contribution in [0.3, 0.4) is 0 Å². The number of para-hydroxylation sites is 1. The molecule has 3 heterocycles. The quantitative estimate of drug-likeness (QED) is 0.857. The zero-order valence-corrected chi connectivity index (χ0v) is 14.6. The number of pyridine rings is 1. The van der Waals surface area contributed by atoms with Gasteiger partial charge >= 0.3 is 0 Å². The Labute approximate surface area is 148 Å². The van der Waals surface area contributed by atoms with Crippen LogP contribution in [0.1, 0.15) is 16.1 Å². The second-order valence-electron chi connectivity index (χ2n) is 6.22. The Hall–Kier alpha value is -1.36. The van der Waals surface area contributed by atoms with Crippen molar-refractivity contribution in [3.63, 3.8) is 0 Å². The van der Waals surface area contributed by atoms with E-state index in [0.29, 0.717) is 11.8 Å². The summed E-state index contributed by atoms with van der Waals surface area (Å²) in [4.78, 5) is 19.5. The number of carbonyl (C=O) groups is 1. The lowest BCUT2D eigenvalue weighted by molar-refractivity contribution is 0.0783. The smallest absolute Gasteiger partial charge is 0.256 e. The molecule has 4 nitrogen and oxygen atoms in total. The van der Waals surface area contributed by atoms with Crippen molar-refractivity contribution < 1.29 is 4.79 Å². The SMILES string of the molecule is Cc1ccc2cccc(C(=O)N3C[C@H]4CNC[C@H]4C3)c2n1.Cl.Cl. The van der Waals surface area contributed by atoms with Gasteiger partial charge in [-0.25, -0.2) is 0 Å². The fourth-order valence-corrected chi connectivity index (χ4v) is 3.61. The summed E-state index contributed by atoms with van der Waals surface area (Å²) >= 11 is 0. The van der Waals surface area contributed by atoms with Gasteiger partial charge in [-0.3, -0.25) is 9.78 Å². The van der Waals surface area contributed by atoms with Crippen molar-refractivity contribution in [3.05, 3.63) is 41.6 Å². The molecule has 2 aromatic rings. The first-order valence-electron chi connectivity index (χ1n) is 7.59. The number of likely N-dealkylation sites (tertiary alicyclic amines) is 1. The molecule has 2 atom stereocenters. The van der Waals surface area contributed by atoms with E-state index < -0.39 is 0 Å². The van der Waals surface area contributed by atoms with Gasteiger partial charge in [0.2, 0.25) is 0 Å². The van der Waals surface area contributed by atoms with E-state index in [9.17, 15) is 4.79 Å².